The molecule has 11 heteroatoms. The summed E-state index contributed by atoms with van der Waals surface area (Å²) in [6.07, 6.45) is 1.37. The van der Waals surface area contributed by atoms with E-state index in [9.17, 15) is 15.2 Å². The van der Waals surface area contributed by atoms with Gasteiger partial charge in [0.2, 0.25) is 0 Å². The Morgan fingerprint density at radius 1 is 1.12 bits per heavy atom. The van der Waals surface area contributed by atoms with Crippen LogP contribution in [0.15, 0.2) is 36.4 Å². The summed E-state index contributed by atoms with van der Waals surface area (Å²) in [4.78, 5) is 29.8. The van der Waals surface area contributed by atoms with Crippen molar-refractivity contribution in [2.75, 3.05) is 51.8 Å². The van der Waals surface area contributed by atoms with Crippen LogP contribution in [0.1, 0.15) is 36.1 Å². The molecule has 0 bridgehead atoms. The fraction of sp³-hybridized carbons (Fsp3) is 0.484. The highest BCUT2D eigenvalue weighted by Crippen LogP contribution is 2.36. The molecular weight excluding hydrogens is 534 g/mol. The van der Waals surface area contributed by atoms with Crippen LogP contribution in [0, 0.1) is 11.3 Å². The van der Waals surface area contributed by atoms with Crippen molar-refractivity contribution < 1.29 is 19.4 Å². The number of likely N-dealkylation sites (N-methyl/N-ethyl adjacent to an activating group) is 1. The van der Waals surface area contributed by atoms with E-state index >= 15 is 0 Å². The van der Waals surface area contributed by atoms with Gasteiger partial charge < -0.3 is 29.3 Å². The second kappa shape index (κ2) is 12.0. The molecular formula is C31H37N7O4. The Kier molecular flexibility index (Phi) is 8.00. The quantitative estimate of drug-likeness (QED) is 0.429. The van der Waals surface area contributed by atoms with E-state index in [1.807, 2.05) is 18.2 Å². The number of hydrogen-bond donors (Lipinski definition) is 1. The predicted molar refractivity (Wildman–Crippen MR) is 158 cm³/mol. The van der Waals surface area contributed by atoms with Gasteiger partial charge >= 0.3 is 12.1 Å². The first-order valence-corrected chi connectivity index (χ1v) is 14.6. The summed E-state index contributed by atoms with van der Waals surface area (Å²) >= 11 is 0. The zero-order valence-electron chi connectivity index (χ0n) is 24.2. The monoisotopic (exact) mass is 571 g/mol. The normalized spacial score (nSPS) is 21.0. The van der Waals surface area contributed by atoms with Crippen LogP contribution < -0.4 is 14.4 Å². The highest BCUT2D eigenvalue weighted by molar-refractivity contribution is 5.87. The van der Waals surface area contributed by atoms with E-state index in [1.165, 1.54) is 4.90 Å². The predicted octanol–water partition coefficient (Wildman–Crippen LogP) is 3.71. The number of fused-ring (bicyclic) bond motifs is 2. The standard InChI is InChI=1S/C31H37N7O4/c1-35-13-5-7-23(35)20-42-30-33-27-19-36(17-25-24-8-4-3-6-21(24)9-10-28(25)41-2)18-26(27)29(34-30)37-14-15-38(31(39)40)22(16-37)11-12-32/h3-4,6,8-10,22-23H,5,7,11,13-20H2,1-2H3,(H,39,40)/t22-,23?/m0/s1. The largest absolute Gasteiger partial charge is 0.496 e. The van der Waals surface area contributed by atoms with Gasteiger partial charge in [-0.3, -0.25) is 4.90 Å². The first kappa shape index (κ1) is 28.0. The molecule has 0 aliphatic carbocycles. The van der Waals surface area contributed by atoms with Crippen LogP contribution in [0.4, 0.5) is 10.6 Å². The molecule has 3 aliphatic heterocycles. The first-order valence-electron chi connectivity index (χ1n) is 14.6. The number of anilines is 1. The molecule has 0 spiro atoms. The Labute approximate surface area is 245 Å². The summed E-state index contributed by atoms with van der Waals surface area (Å²) in [5.74, 6) is 1.62. The Bertz CT molecular complexity index is 1510. The van der Waals surface area contributed by atoms with Crippen molar-refractivity contribution in [3.63, 3.8) is 0 Å². The van der Waals surface area contributed by atoms with Crippen LogP contribution in [-0.2, 0) is 19.6 Å². The van der Waals surface area contributed by atoms with Gasteiger partial charge in [-0.15, -0.1) is 0 Å². The van der Waals surface area contributed by atoms with E-state index in [4.69, 9.17) is 19.4 Å². The zero-order valence-corrected chi connectivity index (χ0v) is 24.2. The number of aromatic nitrogens is 2. The van der Waals surface area contributed by atoms with E-state index in [1.54, 1.807) is 7.11 Å². The van der Waals surface area contributed by atoms with Crippen LogP contribution >= 0.6 is 0 Å². The van der Waals surface area contributed by atoms with Gasteiger partial charge in [-0.25, -0.2) is 4.79 Å². The first-order chi connectivity index (χ1) is 20.4. The Morgan fingerprint density at radius 2 is 1.98 bits per heavy atom. The minimum atomic E-state index is -0.997. The molecule has 1 amide bonds. The molecule has 11 nitrogen and oxygen atoms in total. The van der Waals surface area contributed by atoms with Gasteiger partial charge in [0, 0.05) is 56.4 Å². The molecule has 6 rings (SSSR count). The molecule has 1 N–H and O–H groups in total. The Balaban J connectivity index is 1.30. The maximum absolute atomic E-state index is 11.9. The smallest absolute Gasteiger partial charge is 0.407 e. The number of methoxy groups -OCH3 is 1. The minimum absolute atomic E-state index is 0.125. The summed E-state index contributed by atoms with van der Waals surface area (Å²) in [6, 6.07) is 14.9. The highest BCUT2D eigenvalue weighted by atomic mass is 16.5. The van der Waals surface area contributed by atoms with Gasteiger partial charge in [0.1, 0.15) is 18.2 Å². The topological polar surface area (TPSA) is 118 Å². The van der Waals surface area contributed by atoms with Crippen LogP contribution in [0.3, 0.4) is 0 Å². The lowest BCUT2D eigenvalue weighted by molar-refractivity contribution is 0.119. The number of piperazine rings is 1. The van der Waals surface area contributed by atoms with Crippen molar-refractivity contribution in [2.45, 2.75) is 51.0 Å². The molecule has 3 aromatic rings. The minimum Gasteiger partial charge on any atom is -0.496 e. The summed E-state index contributed by atoms with van der Waals surface area (Å²) < 4.78 is 12.0. The number of likely N-dealkylation sites (tertiary alicyclic amines) is 1. The molecule has 1 aromatic heterocycles. The van der Waals surface area contributed by atoms with Gasteiger partial charge in [0.25, 0.3) is 0 Å². The van der Waals surface area contributed by atoms with Gasteiger partial charge in [0.15, 0.2) is 0 Å². The number of benzene rings is 2. The summed E-state index contributed by atoms with van der Waals surface area (Å²) in [7, 11) is 3.82. The number of nitriles is 1. The van der Waals surface area contributed by atoms with Crippen molar-refractivity contribution in [2.24, 2.45) is 0 Å². The number of ether oxygens (including phenoxy) is 2. The van der Waals surface area contributed by atoms with E-state index in [0.717, 1.165) is 58.5 Å². The molecule has 4 heterocycles. The third-order valence-corrected chi connectivity index (χ3v) is 8.84. The van der Waals surface area contributed by atoms with Crippen molar-refractivity contribution in [1.82, 2.24) is 24.7 Å². The van der Waals surface area contributed by atoms with Crippen LogP contribution in [0.25, 0.3) is 10.8 Å². The average Bonchev–Trinajstić information content (AvgIpc) is 3.60. The second-order valence-corrected chi connectivity index (χ2v) is 11.4. The van der Waals surface area contributed by atoms with Gasteiger partial charge in [0.05, 0.1) is 31.3 Å². The molecule has 2 fully saturated rings. The van der Waals surface area contributed by atoms with Crippen molar-refractivity contribution in [1.29, 1.82) is 5.26 Å². The maximum atomic E-state index is 11.9. The Hall–Kier alpha value is -4.14. The van der Waals surface area contributed by atoms with Crippen molar-refractivity contribution in [3.05, 3.63) is 53.2 Å². The number of nitrogens with zero attached hydrogens (tertiary/aromatic N) is 7. The van der Waals surface area contributed by atoms with E-state index < -0.39 is 12.1 Å². The molecule has 0 saturated carbocycles. The number of rotatable bonds is 8. The fourth-order valence-corrected chi connectivity index (χ4v) is 6.55. The molecule has 0 radical (unpaired) electrons. The van der Waals surface area contributed by atoms with Crippen LogP contribution in [-0.4, -0.2) is 94.9 Å². The highest BCUT2D eigenvalue weighted by Gasteiger charge is 2.35. The zero-order chi connectivity index (χ0) is 29.2. The van der Waals surface area contributed by atoms with E-state index in [-0.39, 0.29) is 6.42 Å². The van der Waals surface area contributed by atoms with Crippen molar-refractivity contribution >= 4 is 22.7 Å². The van der Waals surface area contributed by atoms with Gasteiger partial charge in [-0.2, -0.15) is 15.2 Å². The molecule has 2 atom stereocenters. The lowest BCUT2D eigenvalue weighted by Crippen LogP contribution is -2.55. The van der Waals surface area contributed by atoms with Crippen LogP contribution in [0.2, 0.25) is 0 Å². The van der Waals surface area contributed by atoms with Crippen molar-refractivity contribution in [3.8, 4) is 17.8 Å². The van der Waals surface area contributed by atoms with Gasteiger partial charge in [-0.05, 0) is 43.3 Å². The molecule has 2 aromatic carbocycles. The van der Waals surface area contributed by atoms with E-state index in [2.05, 4.69) is 46.0 Å². The SMILES string of the molecule is COc1ccc2ccccc2c1CN1Cc2nc(OCC3CCCN3C)nc(N3CCN(C(=O)O)[C@@H](CC#N)C3)c2C1. The van der Waals surface area contributed by atoms with Crippen LogP contribution in [0.5, 0.6) is 11.8 Å². The number of carboxylic acid groups (broad SMARTS) is 1. The average molecular weight is 572 g/mol. The maximum Gasteiger partial charge on any atom is 0.407 e. The molecule has 220 valence electrons. The summed E-state index contributed by atoms with van der Waals surface area (Å²) in [5, 5.41) is 21.4. The molecule has 1 unspecified atom stereocenters. The number of hydrogen-bond acceptors (Lipinski definition) is 9. The third kappa shape index (κ3) is 5.52. The number of amides is 1. The molecule has 2 saturated heterocycles. The second-order valence-electron chi connectivity index (χ2n) is 11.4. The molecule has 3 aliphatic rings. The molecule has 42 heavy (non-hydrogen) atoms. The lowest BCUT2D eigenvalue weighted by Gasteiger charge is -2.40. The number of carbonyl (C=O) groups is 1. The van der Waals surface area contributed by atoms with E-state index in [0.29, 0.717) is 57.9 Å². The third-order valence-electron chi connectivity index (χ3n) is 8.84. The fourth-order valence-electron chi connectivity index (χ4n) is 6.55. The van der Waals surface area contributed by atoms with Gasteiger partial charge in [-0.1, -0.05) is 30.3 Å². The lowest BCUT2D eigenvalue weighted by atomic mass is 10.0. The summed E-state index contributed by atoms with van der Waals surface area (Å²) in [5.41, 5.74) is 3.08. The summed E-state index contributed by atoms with van der Waals surface area (Å²) in [6.45, 7) is 4.72. The Morgan fingerprint density at radius 3 is 2.74 bits per heavy atom.